The third-order valence-corrected chi connectivity index (χ3v) is 7.51. The van der Waals surface area contributed by atoms with Crippen molar-refractivity contribution in [3.05, 3.63) is 61.5 Å². The molecule has 1 amide bonds. The number of nitrogens with zero attached hydrogens (tertiary/aromatic N) is 5. The first-order valence-corrected chi connectivity index (χ1v) is 11.6. The summed E-state index contributed by atoms with van der Waals surface area (Å²) in [6.45, 7) is 2.33. The van der Waals surface area contributed by atoms with Gasteiger partial charge in [0.25, 0.3) is 11.2 Å². The van der Waals surface area contributed by atoms with Crippen LogP contribution in [0.1, 0.15) is 23.3 Å². The molecule has 0 unspecified atom stereocenters. The molecule has 0 bridgehead atoms. The van der Waals surface area contributed by atoms with Gasteiger partial charge in [-0.25, -0.2) is 4.98 Å². The van der Waals surface area contributed by atoms with Crippen LogP contribution in [-0.2, 0) is 24.2 Å². The Hall–Kier alpha value is -3.27. The number of nitro benzene ring substituents is 1. The molecule has 1 aliphatic heterocycles. The summed E-state index contributed by atoms with van der Waals surface area (Å²) in [6.07, 6.45) is 5.66. The second kappa shape index (κ2) is 8.34. The van der Waals surface area contributed by atoms with Gasteiger partial charge in [0.05, 0.1) is 16.6 Å². The standard InChI is InChI=1S/C22H23N5O4S/c28-19(25-11-9-24(10-12-25)15-5-7-16(8-6-15)27(30)31)13-26-14-23-21-20(22(26)29)17-3-1-2-4-18(17)32-21/h5-8,14H,1-4,9-13H2. The average molecular weight is 454 g/mol. The molecule has 1 aliphatic carbocycles. The second-order valence-corrected chi connectivity index (χ2v) is 9.29. The molecule has 0 spiro atoms. The van der Waals surface area contributed by atoms with E-state index in [2.05, 4.69) is 9.88 Å². The van der Waals surface area contributed by atoms with Gasteiger partial charge >= 0.3 is 0 Å². The van der Waals surface area contributed by atoms with Gasteiger partial charge in [0.15, 0.2) is 0 Å². The van der Waals surface area contributed by atoms with Gasteiger partial charge in [0, 0.05) is 48.9 Å². The molecule has 0 radical (unpaired) electrons. The molecule has 3 aromatic rings. The Morgan fingerprint density at radius 1 is 1.09 bits per heavy atom. The fraction of sp³-hybridized carbons (Fsp3) is 0.409. The lowest BCUT2D eigenvalue weighted by Gasteiger charge is -2.36. The van der Waals surface area contributed by atoms with Crippen molar-refractivity contribution in [3.63, 3.8) is 0 Å². The maximum atomic E-state index is 13.1. The van der Waals surface area contributed by atoms with E-state index in [4.69, 9.17) is 0 Å². The van der Waals surface area contributed by atoms with E-state index in [1.54, 1.807) is 28.4 Å². The van der Waals surface area contributed by atoms with Crippen molar-refractivity contribution in [1.29, 1.82) is 0 Å². The van der Waals surface area contributed by atoms with E-state index in [-0.39, 0.29) is 23.7 Å². The predicted octanol–water partition coefficient (Wildman–Crippen LogP) is 2.59. The fourth-order valence-electron chi connectivity index (χ4n) is 4.54. The summed E-state index contributed by atoms with van der Waals surface area (Å²) in [6, 6.07) is 6.45. The first-order valence-electron chi connectivity index (χ1n) is 10.8. The number of hydrogen-bond donors (Lipinski definition) is 0. The van der Waals surface area contributed by atoms with Crippen LogP contribution in [0, 0.1) is 10.1 Å². The number of aryl methyl sites for hydroxylation is 2. The van der Waals surface area contributed by atoms with Crippen LogP contribution >= 0.6 is 11.3 Å². The molecule has 5 rings (SSSR count). The number of carbonyl (C=O) groups is 1. The summed E-state index contributed by atoms with van der Waals surface area (Å²) in [5.41, 5.74) is 1.97. The maximum Gasteiger partial charge on any atom is 0.269 e. The first-order chi connectivity index (χ1) is 15.5. The normalized spacial score (nSPS) is 16.2. The van der Waals surface area contributed by atoms with Crippen molar-refractivity contribution in [2.75, 3.05) is 31.1 Å². The molecular weight excluding hydrogens is 430 g/mol. The van der Waals surface area contributed by atoms with Crippen molar-refractivity contribution in [2.45, 2.75) is 32.2 Å². The van der Waals surface area contributed by atoms with Crippen LogP contribution in [0.15, 0.2) is 35.4 Å². The van der Waals surface area contributed by atoms with Gasteiger partial charge in [-0.05, 0) is 43.4 Å². The summed E-state index contributed by atoms with van der Waals surface area (Å²) in [5, 5.41) is 11.5. The lowest BCUT2D eigenvalue weighted by Crippen LogP contribution is -2.50. The van der Waals surface area contributed by atoms with Gasteiger partial charge in [-0.3, -0.25) is 24.3 Å². The SMILES string of the molecule is O=C(Cn1cnc2sc3c(c2c1=O)CCCC3)N1CCN(c2ccc([N+](=O)[O-])cc2)CC1. The zero-order chi connectivity index (χ0) is 22.2. The molecule has 166 valence electrons. The minimum Gasteiger partial charge on any atom is -0.368 e. The number of aromatic nitrogens is 2. The second-order valence-electron chi connectivity index (χ2n) is 8.21. The molecule has 1 fully saturated rings. The third kappa shape index (κ3) is 3.75. The van der Waals surface area contributed by atoms with E-state index >= 15 is 0 Å². The van der Waals surface area contributed by atoms with Gasteiger partial charge < -0.3 is 9.80 Å². The van der Waals surface area contributed by atoms with Crippen LogP contribution in [-0.4, -0.2) is 51.5 Å². The lowest BCUT2D eigenvalue weighted by atomic mass is 9.97. The molecular formula is C22H23N5O4S. The first kappa shape index (κ1) is 20.6. The lowest BCUT2D eigenvalue weighted by molar-refractivity contribution is -0.384. The van der Waals surface area contributed by atoms with Crippen molar-refractivity contribution >= 4 is 38.8 Å². The highest BCUT2D eigenvalue weighted by molar-refractivity contribution is 7.18. The van der Waals surface area contributed by atoms with Gasteiger partial charge in [-0.1, -0.05) is 0 Å². The number of anilines is 1. The maximum absolute atomic E-state index is 13.1. The highest BCUT2D eigenvalue weighted by Gasteiger charge is 2.24. The number of benzene rings is 1. The van der Waals surface area contributed by atoms with Crippen molar-refractivity contribution in [2.24, 2.45) is 0 Å². The van der Waals surface area contributed by atoms with Crippen molar-refractivity contribution < 1.29 is 9.72 Å². The predicted molar refractivity (Wildman–Crippen MR) is 122 cm³/mol. The summed E-state index contributed by atoms with van der Waals surface area (Å²) in [4.78, 5) is 46.8. The Labute approximate surface area is 188 Å². The molecule has 1 aromatic carbocycles. The Morgan fingerprint density at radius 2 is 1.81 bits per heavy atom. The molecule has 0 N–H and O–H groups in total. The van der Waals surface area contributed by atoms with Crippen LogP contribution in [0.2, 0.25) is 0 Å². The summed E-state index contributed by atoms with van der Waals surface area (Å²) in [5.74, 6) is -0.0966. The van der Waals surface area contributed by atoms with E-state index in [0.717, 1.165) is 41.8 Å². The van der Waals surface area contributed by atoms with Crippen molar-refractivity contribution in [1.82, 2.24) is 14.5 Å². The monoisotopic (exact) mass is 453 g/mol. The topological polar surface area (TPSA) is 102 Å². The molecule has 3 heterocycles. The van der Waals surface area contributed by atoms with E-state index < -0.39 is 4.92 Å². The van der Waals surface area contributed by atoms with Gasteiger partial charge in [0.2, 0.25) is 5.91 Å². The number of rotatable bonds is 4. The van der Waals surface area contributed by atoms with Crippen LogP contribution in [0.4, 0.5) is 11.4 Å². The van der Waals surface area contributed by atoms with Crippen molar-refractivity contribution in [3.8, 4) is 0 Å². The molecule has 1 saturated heterocycles. The highest BCUT2D eigenvalue weighted by atomic mass is 32.1. The minimum atomic E-state index is -0.416. The minimum absolute atomic E-state index is 0.01000. The smallest absolute Gasteiger partial charge is 0.269 e. The highest BCUT2D eigenvalue weighted by Crippen LogP contribution is 2.33. The molecule has 9 nitrogen and oxygen atoms in total. The molecule has 32 heavy (non-hydrogen) atoms. The molecule has 0 saturated carbocycles. The number of non-ortho nitro benzene ring substituents is 1. The largest absolute Gasteiger partial charge is 0.368 e. The number of thiophene rings is 1. The average Bonchev–Trinajstić information content (AvgIpc) is 3.20. The van der Waals surface area contributed by atoms with Crippen LogP contribution in [0.5, 0.6) is 0 Å². The number of piperazine rings is 1. The van der Waals surface area contributed by atoms with Crippen LogP contribution in [0.3, 0.4) is 0 Å². The molecule has 10 heteroatoms. The molecule has 2 aromatic heterocycles. The summed E-state index contributed by atoms with van der Waals surface area (Å²) in [7, 11) is 0. The number of fused-ring (bicyclic) bond motifs is 3. The van der Waals surface area contributed by atoms with Gasteiger partial charge in [0.1, 0.15) is 11.4 Å². The van der Waals surface area contributed by atoms with E-state index in [0.29, 0.717) is 31.6 Å². The number of nitro groups is 1. The number of amides is 1. The molecule has 0 atom stereocenters. The molecule has 2 aliphatic rings. The number of hydrogen-bond acceptors (Lipinski definition) is 7. The summed E-state index contributed by atoms with van der Waals surface area (Å²) < 4.78 is 1.44. The van der Waals surface area contributed by atoms with Crippen LogP contribution in [0.25, 0.3) is 10.2 Å². The Bertz CT molecular complexity index is 1240. The Morgan fingerprint density at radius 3 is 2.53 bits per heavy atom. The van der Waals surface area contributed by atoms with Gasteiger partial charge in [-0.15, -0.1) is 11.3 Å². The zero-order valence-electron chi connectivity index (χ0n) is 17.5. The van der Waals surface area contributed by atoms with Gasteiger partial charge in [-0.2, -0.15) is 0 Å². The van der Waals surface area contributed by atoms with E-state index in [1.807, 2.05) is 0 Å². The quantitative estimate of drug-likeness (QED) is 0.445. The van der Waals surface area contributed by atoms with E-state index in [1.165, 1.54) is 27.9 Å². The van der Waals surface area contributed by atoms with Crippen LogP contribution < -0.4 is 10.5 Å². The Kier molecular flexibility index (Phi) is 5.38. The summed E-state index contributed by atoms with van der Waals surface area (Å²) >= 11 is 1.61. The Balaban J connectivity index is 1.26. The fourth-order valence-corrected chi connectivity index (χ4v) is 5.76. The third-order valence-electron chi connectivity index (χ3n) is 6.31. The van der Waals surface area contributed by atoms with E-state index in [9.17, 15) is 19.7 Å². The number of carbonyl (C=O) groups excluding carboxylic acids is 1. The zero-order valence-corrected chi connectivity index (χ0v) is 18.3.